The van der Waals surface area contributed by atoms with Gasteiger partial charge in [0.2, 0.25) is 0 Å². The Bertz CT molecular complexity index is 380. The fraction of sp³-hybridized carbons (Fsp3) is 0.455. The van der Waals surface area contributed by atoms with Crippen molar-refractivity contribution in [1.29, 1.82) is 0 Å². The summed E-state index contributed by atoms with van der Waals surface area (Å²) in [7, 11) is 0. The molecule has 0 saturated carbocycles. The van der Waals surface area contributed by atoms with E-state index in [1.807, 2.05) is 13.8 Å². The summed E-state index contributed by atoms with van der Waals surface area (Å²) in [6, 6.07) is 1.12. The summed E-state index contributed by atoms with van der Waals surface area (Å²) in [5.41, 5.74) is -0.218. The van der Waals surface area contributed by atoms with Crippen LogP contribution in [0, 0.1) is 11.2 Å². The van der Waals surface area contributed by atoms with E-state index in [1.165, 1.54) is 6.20 Å². The molecule has 1 aromatic heterocycles. The fourth-order valence-electron chi connectivity index (χ4n) is 1.01. The molecule has 0 spiro atoms. The van der Waals surface area contributed by atoms with Crippen molar-refractivity contribution in [3.8, 4) is 0 Å². The van der Waals surface area contributed by atoms with Crippen LogP contribution in [0.3, 0.4) is 0 Å². The number of aliphatic hydroxyl groups is 1. The van der Waals surface area contributed by atoms with Gasteiger partial charge in [-0.25, -0.2) is 4.39 Å². The summed E-state index contributed by atoms with van der Waals surface area (Å²) >= 11 is 0. The first-order valence-corrected chi connectivity index (χ1v) is 4.94. The average Bonchev–Trinajstić information content (AvgIpc) is 2.26. The minimum Gasteiger partial charge on any atom is -0.396 e. The lowest BCUT2D eigenvalue weighted by Gasteiger charge is -2.21. The molecular weight excluding hydrogens is 211 g/mol. The van der Waals surface area contributed by atoms with Crippen LogP contribution in [-0.2, 0) is 0 Å². The van der Waals surface area contributed by atoms with E-state index in [1.54, 1.807) is 0 Å². The standard InChI is InChI=1S/C11H15FN2O2/c1-11(2,7-15)6-14-10(16)8-3-9(12)5-13-4-8/h3-5,15H,6-7H2,1-2H3,(H,14,16). The summed E-state index contributed by atoms with van der Waals surface area (Å²) in [5.74, 6) is -0.942. The molecule has 16 heavy (non-hydrogen) atoms. The van der Waals surface area contributed by atoms with Gasteiger partial charge in [-0.05, 0) is 6.07 Å². The number of halogens is 1. The van der Waals surface area contributed by atoms with Gasteiger partial charge in [-0.3, -0.25) is 9.78 Å². The Labute approximate surface area is 93.5 Å². The second-order valence-corrected chi connectivity index (χ2v) is 4.40. The molecule has 4 nitrogen and oxygen atoms in total. The zero-order chi connectivity index (χ0) is 12.2. The van der Waals surface area contributed by atoms with E-state index >= 15 is 0 Å². The Morgan fingerprint density at radius 1 is 1.56 bits per heavy atom. The van der Waals surface area contributed by atoms with Gasteiger partial charge in [-0.15, -0.1) is 0 Å². The molecule has 0 unspecified atom stereocenters. The maximum absolute atomic E-state index is 12.8. The van der Waals surface area contributed by atoms with E-state index in [0.717, 1.165) is 12.3 Å². The molecule has 5 heteroatoms. The Morgan fingerprint density at radius 2 is 2.25 bits per heavy atom. The van der Waals surface area contributed by atoms with E-state index in [0.29, 0.717) is 6.54 Å². The highest BCUT2D eigenvalue weighted by atomic mass is 19.1. The van der Waals surface area contributed by atoms with Gasteiger partial charge in [0.25, 0.3) is 5.91 Å². The van der Waals surface area contributed by atoms with Gasteiger partial charge in [-0.1, -0.05) is 13.8 Å². The number of carbonyl (C=O) groups excluding carboxylic acids is 1. The predicted molar refractivity (Wildman–Crippen MR) is 57.4 cm³/mol. The number of hydrogen-bond acceptors (Lipinski definition) is 3. The number of hydrogen-bond donors (Lipinski definition) is 2. The molecule has 1 aromatic rings. The molecule has 88 valence electrons. The van der Waals surface area contributed by atoms with Gasteiger partial charge in [-0.2, -0.15) is 0 Å². The minimum absolute atomic E-state index is 0.0331. The summed E-state index contributed by atoms with van der Waals surface area (Å²) in [5, 5.41) is 11.6. The summed E-state index contributed by atoms with van der Waals surface area (Å²) in [6.45, 7) is 3.92. The molecule has 1 rings (SSSR count). The highest BCUT2D eigenvalue weighted by molar-refractivity contribution is 5.93. The van der Waals surface area contributed by atoms with E-state index < -0.39 is 17.1 Å². The number of carbonyl (C=O) groups is 1. The van der Waals surface area contributed by atoms with E-state index in [2.05, 4.69) is 10.3 Å². The third kappa shape index (κ3) is 3.58. The van der Waals surface area contributed by atoms with Crippen LogP contribution in [0.4, 0.5) is 4.39 Å². The van der Waals surface area contributed by atoms with Crippen molar-refractivity contribution in [2.75, 3.05) is 13.2 Å². The first-order valence-electron chi connectivity index (χ1n) is 4.94. The molecule has 0 bridgehead atoms. The lowest BCUT2D eigenvalue weighted by Crippen LogP contribution is -2.36. The van der Waals surface area contributed by atoms with E-state index in [-0.39, 0.29) is 12.2 Å². The van der Waals surface area contributed by atoms with E-state index in [4.69, 9.17) is 5.11 Å². The maximum Gasteiger partial charge on any atom is 0.252 e. The first-order chi connectivity index (χ1) is 7.44. The lowest BCUT2D eigenvalue weighted by atomic mass is 9.95. The molecule has 1 amide bonds. The van der Waals surface area contributed by atoms with Crippen molar-refractivity contribution in [2.45, 2.75) is 13.8 Å². The number of nitrogens with zero attached hydrogens (tertiary/aromatic N) is 1. The fourth-order valence-corrected chi connectivity index (χ4v) is 1.01. The minimum atomic E-state index is -0.547. The lowest BCUT2D eigenvalue weighted by molar-refractivity contribution is 0.0910. The largest absolute Gasteiger partial charge is 0.396 e. The molecule has 0 saturated heterocycles. The van der Waals surface area contributed by atoms with Gasteiger partial charge >= 0.3 is 0 Å². The van der Waals surface area contributed by atoms with Crippen LogP contribution < -0.4 is 5.32 Å². The second-order valence-electron chi connectivity index (χ2n) is 4.40. The van der Waals surface area contributed by atoms with Crippen molar-refractivity contribution in [2.24, 2.45) is 5.41 Å². The highest BCUT2D eigenvalue weighted by Crippen LogP contribution is 2.11. The van der Waals surface area contributed by atoms with Crippen molar-refractivity contribution < 1.29 is 14.3 Å². The topological polar surface area (TPSA) is 62.2 Å². The molecule has 0 aliphatic heterocycles. The summed E-state index contributed by atoms with van der Waals surface area (Å²) in [6.07, 6.45) is 2.33. The van der Waals surface area contributed by atoms with Crippen LogP contribution in [0.2, 0.25) is 0 Å². The molecule has 0 aliphatic carbocycles. The van der Waals surface area contributed by atoms with Gasteiger partial charge in [0.15, 0.2) is 0 Å². The Balaban J connectivity index is 2.60. The Morgan fingerprint density at radius 3 is 2.81 bits per heavy atom. The monoisotopic (exact) mass is 226 g/mol. The van der Waals surface area contributed by atoms with Crippen molar-refractivity contribution in [1.82, 2.24) is 10.3 Å². The average molecular weight is 226 g/mol. The maximum atomic E-state index is 12.8. The molecule has 0 atom stereocenters. The summed E-state index contributed by atoms with van der Waals surface area (Å²) in [4.78, 5) is 15.1. The van der Waals surface area contributed by atoms with E-state index in [9.17, 15) is 9.18 Å². The molecule has 0 aromatic carbocycles. The number of rotatable bonds is 4. The van der Waals surface area contributed by atoms with Crippen LogP contribution in [0.25, 0.3) is 0 Å². The van der Waals surface area contributed by atoms with Crippen molar-refractivity contribution >= 4 is 5.91 Å². The molecule has 1 heterocycles. The highest BCUT2D eigenvalue weighted by Gasteiger charge is 2.18. The number of pyridine rings is 1. The third-order valence-corrected chi connectivity index (χ3v) is 2.12. The molecule has 0 radical (unpaired) electrons. The smallest absolute Gasteiger partial charge is 0.252 e. The molecular formula is C11H15FN2O2. The molecule has 0 fully saturated rings. The number of aliphatic hydroxyl groups excluding tert-OH is 1. The predicted octanol–water partition coefficient (Wildman–Crippen LogP) is 0.969. The normalized spacial score (nSPS) is 11.2. The van der Waals surface area contributed by atoms with Crippen LogP contribution >= 0.6 is 0 Å². The molecule has 2 N–H and O–H groups in total. The summed E-state index contributed by atoms with van der Waals surface area (Å²) < 4.78 is 12.8. The van der Waals surface area contributed by atoms with Gasteiger partial charge in [0, 0.05) is 24.8 Å². The van der Waals surface area contributed by atoms with Crippen LogP contribution in [0.5, 0.6) is 0 Å². The van der Waals surface area contributed by atoms with Gasteiger partial charge in [0.1, 0.15) is 5.82 Å². The molecule has 0 aliphatic rings. The van der Waals surface area contributed by atoms with Crippen LogP contribution in [-0.4, -0.2) is 29.1 Å². The van der Waals surface area contributed by atoms with Gasteiger partial charge < -0.3 is 10.4 Å². The Hall–Kier alpha value is -1.49. The third-order valence-electron chi connectivity index (χ3n) is 2.12. The zero-order valence-electron chi connectivity index (χ0n) is 9.33. The number of aromatic nitrogens is 1. The van der Waals surface area contributed by atoms with Crippen LogP contribution in [0.15, 0.2) is 18.5 Å². The SMILES string of the molecule is CC(C)(CO)CNC(=O)c1cncc(F)c1. The van der Waals surface area contributed by atoms with Crippen LogP contribution in [0.1, 0.15) is 24.2 Å². The first kappa shape index (κ1) is 12.6. The van der Waals surface area contributed by atoms with Crippen molar-refractivity contribution in [3.05, 3.63) is 29.8 Å². The van der Waals surface area contributed by atoms with Gasteiger partial charge in [0.05, 0.1) is 11.8 Å². The quantitative estimate of drug-likeness (QED) is 0.804. The number of amides is 1. The Kier molecular flexibility index (Phi) is 3.95. The zero-order valence-corrected chi connectivity index (χ0v) is 9.33. The van der Waals surface area contributed by atoms with Crippen molar-refractivity contribution in [3.63, 3.8) is 0 Å². The second kappa shape index (κ2) is 5.03. The number of nitrogens with one attached hydrogen (secondary N) is 1.